The van der Waals surface area contributed by atoms with Gasteiger partial charge >= 0.3 is 29.5 Å². The number of carbonyl (C=O) groups excluding carboxylic acids is 1. The molecule has 0 radical (unpaired) electrons. The molecule has 15 nitrogen and oxygen atoms in total. The van der Waals surface area contributed by atoms with Gasteiger partial charge in [-0.2, -0.15) is 8.62 Å². The molecule has 2 heterocycles. The van der Waals surface area contributed by atoms with Gasteiger partial charge in [-0.1, -0.05) is 12.5 Å². The van der Waals surface area contributed by atoms with Gasteiger partial charge in [-0.25, -0.2) is 22.9 Å². The molecule has 6 atom stereocenters. The Morgan fingerprint density at radius 1 is 1.31 bits per heavy atom. The van der Waals surface area contributed by atoms with E-state index < -0.39 is 60.2 Å². The van der Waals surface area contributed by atoms with Crippen LogP contribution in [0.25, 0.3) is 0 Å². The van der Waals surface area contributed by atoms with Gasteiger partial charge < -0.3 is 34.7 Å². The van der Waals surface area contributed by atoms with Crippen LogP contribution in [0.15, 0.2) is 24.0 Å². The highest BCUT2D eigenvalue weighted by atomic mass is 31.3. The van der Waals surface area contributed by atoms with Crippen LogP contribution in [0.5, 0.6) is 0 Å². The summed E-state index contributed by atoms with van der Waals surface area (Å²) < 4.78 is 65.3. The van der Waals surface area contributed by atoms with E-state index in [4.69, 9.17) is 25.8 Å². The standard InChI is InChI=1S/C13H18FN2O13P3/c1-4-13(6-26-31(22,23)29-32(24,25)28-30(19,20)21)10(17)9(14)11(27-13)16-5-7(2)8(3)15-12(16)18/h1,5,9-11,17H,3,6H2,2H3,(H,15,18)(H,22,23)(H,24,25)(H2,19,20,21)/t9?,10-,11-,13-/m1/s1. The molecule has 0 aromatic rings. The van der Waals surface area contributed by atoms with Crippen molar-refractivity contribution in [3.63, 3.8) is 0 Å². The summed E-state index contributed by atoms with van der Waals surface area (Å²) in [6, 6.07) is -0.888. The van der Waals surface area contributed by atoms with Gasteiger partial charge in [0.25, 0.3) is 0 Å². The Hall–Kier alpha value is -1.43. The van der Waals surface area contributed by atoms with Gasteiger partial charge in [0.15, 0.2) is 18.0 Å². The number of ether oxygens (including phenoxy) is 1. The van der Waals surface area contributed by atoms with Crippen LogP contribution in [0.1, 0.15) is 6.92 Å². The first kappa shape index (κ1) is 26.8. The number of terminal acetylenes is 1. The molecule has 0 aromatic carbocycles. The second-order valence-electron chi connectivity index (χ2n) is 6.42. The zero-order valence-corrected chi connectivity index (χ0v) is 18.7. The minimum absolute atomic E-state index is 0.219. The summed E-state index contributed by atoms with van der Waals surface area (Å²) in [6.07, 6.45) is 0.0145. The Morgan fingerprint density at radius 3 is 2.44 bits per heavy atom. The first-order valence-electron chi connectivity index (χ1n) is 8.15. The molecule has 0 bridgehead atoms. The molecule has 6 N–H and O–H groups in total. The number of phosphoric ester groups is 1. The molecule has 2 aliphatic heterocycles. The van der Waals surface area contributed by atoms with Crippen molar-refractivity contribution in [2.75, 3.05) is 6.61 Å². The van der Waals surface area contributed by atoms with Gasteiger partial charge in [-0.05, 0) is 12.5 Å². The molecule has 2 aliphatic rings. The highest BCUT2D eigenvalue weighted by molar-refractivity contribution is 7.66. The topological polar surface area (TPSA) is 222 Å². The highest BCUT2D eigenvalue weighted by Crippen LogP contribution is 2.66. The molecule has 32 heavy (non-hydrogen) atoms. The molecule has 3 unspecified atom stereocenters. The summed E-state index contributed by atoms with van der Waals surface area (Å²) in [7, 11) is -17.1. The fourth-order valence-electron chi connectivity index (χ4n) is 2.56. The van der Waals surface area contributed by atoms with Crippen molar-refractivity contribution in [1.82, 2.24) is 10.2 Å². The summed E-state index contributed by atoms with van der Waals surface area (Å²) >= 11 is 0. The number of alkyl halides is 1. The van der Waals surface area contributed by atoms with E-state index >= 15 is 0 Å². The number of urea groups is 1. The largest absolute Gasteiger partial charge is 0.490 e. The van der Waals surface area contributed by atoms with E-state index in [1.54, 1.807) is 0 Å². The fourth-order valence-corrected chi connectivity index (χ4v) is 5.61. The Kier molecular flexibility index (Phi) is 7.61. The smallest absolute Gasteiger partial charge is 0.386 e. The second-order valence-corrected chi connectivity index (χ2v) is 10.8. The Morgan fingerprint density at radius 2 is 1.91 bits per heavy atom. The number of halogens is 1. The van der Waals surface area contributed by atoms with E-state index in [9.17, 15) is 32.9 Å². The predicted octanol–water partition coefficient (Wildman–Crippen LogP) is 0.200. The van der Waals surface area contributed by atoms with Crippen molar-refractivity contribution < 1.29 is 65.4 Å². The van der Waals surface area contributed by atoms with Gasteiger partial charge in [-0.3, -0.25) is 9.42 Å². The van der Waals surface area contributed by atoms with Gasteiger partial charge in [0.2, 0.25) is 0 Å². The van der Waals surface area contributed by atoms with Gasteiger partial charge in [-0.15, -0.1) is 6.42 Å². The number of phosphoric acid groups is 3. The Bertz CT molecular complexity index is 1020. The number of amides is 2. The van der Waals surface area contributed by atoms with Gasteiger partial charge in [0.1, 0.15) is 12.7 Å². The van der Waals surface area contributed by atoms with Gasteiger partial charge in [0.05, 0.1) is 0 Å². The van der Waals surface area contributed by atoms with Crippen LogP contribution in [-0.4, -0.2) is 66.3 Å². The first-order valence-corrected chi connectivity index (χ1v) is 12.7. The number of aliphatic hydroxyl groups is 1. The maximum Gasteiger partial charge on any atom is 0.490 e. The molecule has 0 aromatic heterocycles. The second kappa shape index (κ2) is 9.08. The SMILES string of the molecule is C#C[C@]1(COP(=O)(O)OP(=O)(O)OP(=O)(O)O)O[C@@H](N2C=C(C)C(=C)NC2=O)C(F)[C@H]1O. The minimum Gasteiger partial charge on any atom is -0.386 e. The summed E-state index contributed by atoms with van der Waals surface area (Å²) in [6.45, 7) is 3.76. The minimum atomic E-state index is -5.82. The number of aliphatic hydroxyl groups excluding tert-OH is 1. The summed E-state index contributed by atoms with van der Waals surface area (Å²) in [5, 5.41) is 12.5. The molecule has 1 saturated heterocycles. The van der Waals surface area contributed by atoms with Gasteiger partial charge in [0, 0.05) is 11.9 Å². The lowest BCUT2D eigenvalue weighted by Gasteiger charge is -2.32. The van der Waals surface area contributed by atoms with E-state index in [-0.39, 0.29) is 5.70 Å². The van der Waals surface area contributed by atoms with E-state index in [1.165, 1.54) is 6.92 Å². The molecule has 2 amide bonds. The monoisotopic (exact) mass is 522 g/mol. The van der Waals surface area contributed by atoms with E-state index in [0.29, 0.717) is 10.5 Å². The molecular formula is C13H18FN2O13P3. The highest BCUT2D eigenvalue weighted by Gasteiger charge is 2.58. The summed E-state index contributed by atoms with van der Waals surface area (Å²) in [5.41, 5.74) is -1.87. The normalized spacial score (nSPS) is 32.5. The quantitative estimate of drug-likeness (QED) is 0.185. The van der Waals surface area contributed by atoms with Crippen LogP contribution in [0.2, 0.25) is 0 Å². The van der Waals surface area contributed by atoms with E-state index in [2.05, 4.69) is 25.0 Å². The van der Waals surface area contributed by atoms with Crippen LogP contribution in [0.4, 0.5) is 9.18 Å². The van der Waals surface area contributed by atoms with Crippen molar-refractivity contribution in [3.8, 4) is 12.3 Å². The number of allylic oxidation sites excluding steroid dienone is 1. The number of hydrogen-bond donors (Lipinski definition) is 6. The lowest BCUT2D eigenvalue weighted by molar-refractivity contribution is -0.0958. The van der Waals surface area contributed by atoms with Crippen LogP contribution in [-0.2, 0) is 31.6 Å². The molecule has 180 valence electrons. The third kappa shape index (κ3) is 6.12. The average molecular weight is 522 g/mol. The van der Waals surface area contributed by atoms with Crippen molar-refractivity contribution in [2.24, 2.45) is 0 Å². The molecular weight excluding hydrogens is 504 g/mol. The average Bonchev–Trinajstić information content (AvgIpc) is 2.85. The molecule has 2 rings (SSSR count). The maximum atomic E-state index is 14.8. The van der Waals surface area contributed by atoms with E-state index in [0.717, 1.165) is 6.20 Å². The zero-order valence-electron chi connectivity index (χ0n) is 16.0. The van der Waals surface area contributed by atoms with Crippen LogP contribution < -0.4 is 5.32 Å². The third-order valence-electron chi connectivity index (χ3n) is 4.06. The molecule has 19 heteroatoms. The van der Waals surface area contributed by atoms with Crippen molar-refractivity contribution in [2.45, 2.75) is 31.0 Å². The Labute approximate surface area is 179 Å². The lowest BCUT2D eigenvalue weighted by Crippen LogP contribution is -2.49. The lowest BCUT2D eigenvalue weighted by atomic mass is 9.98. The summed E-state index contributed by atoms with van der Waals surface area (Å²) in [5.74, 6) is 1.83. The number of hydrogen-bond acceptors (Lipinski definition) is 9. The molecule has 0 saturated carbocycles. The fraction of sp³-hybridized carbons (Fsp3) is 0.462. The number of nitrogens with one attached hydrogen (secondary N) is 1. The number of carbonyl (C=O) groups is 1. The van der Waals surface area contributed by atoms with E-state index in [1.807, 2.05) is 5.92 Å². The number of rotatable bonds is 8. The van der Waals surface area contributed by atoms with Crippen molar-refractivity contribution in [1.29, 1.82) is 0 Å². The maximum absolute atomic E-state index is 14.8. The predicted molar refractivity (Wildman–Crippen MR) is 100 cm³/mol. The number of nitrogens with zero attached hydrogens (tertiary/aromatic N) is 1. The summed E-state index contributed by atoms with van der Waals surface area (Å²) in [4.78, 5) is 48.5. The zero-order chi connectivity index (χ0) is 24.7. The first-order chi connectivity index (χ1) is 14.4. The Balaban J connectivity index is 2.20. The van der Waals surface area contributed by atoms with Crippen molar-refractivity contribution >= 4 is 29.5 Å². The van der Waals surface area contributed by atoms with Crippen LogP contribution in [0.3, 0.4) is 0 Å². The van der Waals surface area contributed by atoms with Crippen LogP contribution in [0, 0.1) is 12.3 Å². The van der Waals surface area contributed by atoms with Crippen molar-refractivity contribution in [3.05, 3.63) is 24.0 Å². The third-order valence-corrected chi connectivity index (χ3v) is 7.84. The van der Waals surface area contributed by atoms with Crippen LogP contribution >= 0.6 is 23.5 Å². The molecule has 0 spiro atoms. The molecule has 0 aliphatic carbocycles. The molecule has 1 fully saturated rings.